The summed E-state index contributed by atoms with van der Waals surface area (Å²) in [6, 6.07) is 0. The van der Waals surface area contributed by atoms with Crippen LogP contribution in [0.3, 0.4) is 0 Å². The van der Waals surface area contributed by atoms with E-state index in [1.807, 2.05) is 0 Å². The maximum atomic E-state index is 12.9. The normalized spacial score (nSPS) is 12.9. The molecule has 1 atom stereocenters. The number of carbonyl (C=O) groups is 3. The first kappa shape index (κ1) is 78.8. The van der Waals surface area contributed by atoms with Crippen molar-refractivity contribution in [1.29, 1.82) is 0 Å². The van der Waals surface area contributed by atoms with Gasteiger partial charge in [0.15, 0.2) is 6.10 Å². The predicted molar refractivity (Wildman–Crippen MR) is 362 cm³/mol. The van der Waals surface area contributed by atoms with Crippen LogP contribution in [0.4, 0.5) is 0 Å². The Morgan fingerprint density at radius 3 is 0.807 bits per heavy atom. The monoisotopic (exact) mass is 1150 g/mol. The van der Waals surface area contributed by atoms with Crippen LogP contribution in [-0.2, 0) is 28.6 Å². The van der Waals surface area contributed by atoms with Gasteiger partial charge in [-0.25, -0.2) is 0 Å². The Balaban J connectivity index is 4.28. The van der Waals surface area contributed by atoms with Crippen LogP contribution in [0.1, 0.15) is 329 Å². The van der Waals surface area contributed by atoms with Crippen LogP contribution in [0.15, 0.2) is 122 Å². The average Bonchev–Trinajstić information content (AvgIpc) is 3.49. The van der Waals surface area contributed by atoms with Crippen molar-refractivity contribution in [2.75, 3.05) is 13.2 Å². The van der Waals surface area contributed by atoms with Crippen LogP contribution in [0.25, 0.3) is 0 Å². The van der Waals surface area contributed by atoms with E-state index in [4.69, 9.17) is 14.2 Å². The summed E-state index contributed by atoms with van der Waals surface area (Å²) < 4.78 is 16.9. The van der Waals surface area contributed by atoms with E-state index in [1.54, 1.807) is 0 Å². The second kappa shape index (κ2) is 70.3. The molecule has 0 aliphatic rings. The summed E-state index contributed by atoms with van der Waals surface area (Å²) in [7, 11) is 0. The first-order valence-electron chi connectivity index (χ1n) is 35.0. The van der Waals surface area contributed by atoms with Crippen molar-refractivity contribution in [3.8, 4) is 0 Å². The molecule has 0 fully saturated rings. The van der Waals surface area contributed by atoms with Gasteiger partial charge >= 0.3 is 17.9 Å². The van der Waals surface area contributed by atoms with E-state index >= 15 is 0 Å². The highest BCUT2D eigenvalue weighted by atomic mass is 16.6. The minimum absolute atomic E-state index is 0.101. The second-order valence-corrected chi connectivity index (χ2v) is 23.1. The number of allylic oxidation sites excluding steroid dienone is 20. The van der Waals surface area contributed by atoms with Crippen LogP contribution < -0.4 is 0 Å². The molecule has 0 aliphatic heterocycles. The lowest BCUT2D eigenvalue weighted by molar-refractivity contribution is -0.167. The van der Waals surface area contributed by atoms with E-state index < -0.39 is 6.10 Å². The van der Waals surface area contributed by atoms with Gasteiger partial charge in [0.2, 0.25) is 0 Å². The van der Waals surface area contributed by atoms with E-state index in [0.29, 0.717) is 19.3 Å². The van der Waals surface area contributed by atoms with Gasteiger partial charge < -0.3 is 14.2 Å². The van der Waals surface area contributed by atoms with Crippen molar-refractivity contribution in [2.45, 2.75) is 335 Å². The standard InChI is InChI=1S/C77H130O6/c1-4-7-10-13-16-19-22-25-27-29-31-33-34-35-36-37-38-39-40-41-42-44-45-47-49-52-55-58-61-64-67-70-76(79)82-73-74(72-81-75(78)69-66-63-60-57-54-51-24-21-18-15-12-9-6-3)83-77(80)71-68-65-62-59-56-53-50-48-46-43-32-30-28-26-23-20-17-14-11-8-5-2/h8,11-12,15,17,20-22,24-26,28-29,31-32,43,48,50,56,59,74H,4-7,9-10,13-14,16,18-19,23,27,30,33-42,44-47,49,51-55,57-58,60-73H2,1-3H3/b11-8-,15-12-,20-17-,24-21-,25-22-,28-26-,31-29-,43-32-,50-48-,59-56-. The van der Waals surface area contributed by atoms with Gasteiger partial charge in [0.25, 0.3) is 0 Å². The fourth-order valence-corrected chi connectivity index (χ4v) is 9.69. The number of unbranched alkanes of at least 4 members (excludes halogenated alkanes) is 32. The van der Waals surface area contributed by atoms with Crippen molar-refractivity contribution < 1.29 is 28.6 Å². The lowest BCUT2D eigenvalue weighted by atomic mass is 10.0. The summed E-state index contributed by atoms with van der Waals surface area (Å²) >= 11 is 0. The molecule has 0 N–H and O–H groups in total. The Kier molecular flexibility index (Phi) is 66.7. The van der Waals surface area contributed by atoms with Gasteiger partial charge in [0.05, 0.1) is 0 Å². The van der Waals surface area contributed by atoms with Gasteiger partial charge in [0.1, 0.15) is 13.2 Å². The molecule has 0 aromatic rings. The quantitative estimate of drug-likeness (QED) is 0.0261. The molecule has 0 rings (SSSR count). The molecule has 0 saturated carbocycles. The highest BCUT2D eigenvalue weighted by Gasteiger charge is 2.19. The Morgan fingerprint density at radius 1 is 0.253 bits per heavy atom. The maximum Gasteiger partial charge on any atom is 0.306 e. The molecule has 0 aliphatic carbocycles. The third-order valence-electron chi connectivity index (χ3n) is 14.9. The SMILES string of the molecule is CC/C=C\C/C=C\C/C=C\C/C=C\C/C=C\C/C=C\CCCCC(=O)OC(COC(=O)CCCCCCC/C=C\C/C=C\CCC)COC(=O)CCCCCCCCCCCCCCCCCCCCC/C=C\C/C=C\CCCCCCC. The average molecular weight is 1150 g/mol. The van der Waals surface area contributed by atoms with Crippen molar-refractivity contribution >= 4 is 17.9 Å². The zero-order valence-corrected chi connectivity index (χ0v) is 54.4. The molecule has 1 unspecified atom stereocenters. The van der Waals surface area contributed by atoms with Gasteiger partial charge in [-0.1, -0.05) is 303 Å². The minimum atomic E-state index is -0.811. The lowest BCUT2D eigenvalue weighted by Crippen LogP contribution is -2.30. The summed E-state index contributed by atoms with van der Waals surface area (Å²) in [6.45, 7) is 6.43. The van der Waals surface area contributed by atoms with Crippen molar-refractivity contribution in [3.63, 3.8) is 0 Å². The number of rotatable bonds is 63. The van der Waals surface area contributed by atoms with E-state index in [1.165, 1.54) is 154 Å². The zero-order valence-electron chi connectivity index (χ0n) is 54.4. The molecular formula is C77H130O6. The van der Waals surface area contributed by atoms with Crippen LogP contribution in [0.2, 0.25) is 0 Å². The van der Waals surface area contributed by atoms with E-state index in [0.717, 1.165) is 128 Å². The third-order valence-corrected chi connectivity index (χ3v) is 14.9. The van der Waals surface area contributed by atoms with Crippen molar-refractivity contribution in [1.82, 2.24) is 0 Å². The van der Waals surface area contributed by atoms with E-state index in [9.17, 15) is 14.4 Å². The van der Waals surface area contributed by atoms with Crippen LogP contribution in [-0.4, -0.2) is 37.2 Å². The van der Waals surface area contributed by atoms with Gasteiger partial charge in [-0.3, -0.25) is 14.4 Å². The topological polar surface area (TPSA) is 78.9 Å². The number of esters is 3. The first-order valence-corrected chi connectivity index (χ1v) is 35.0. The highest BCUT2D eigenvalue weighted by Crippen LogP contribution is 2.17. The molecule has 474 valence electrons. The van der Waals surface area contributed by atoms with Crippen molar-refractivity contribution in [2.24, 2.45) is 0 Å². The largest absolute Gasteiger partial charge is 0.462 e. The predicted octanol–water partition coefficient (Wildman–Crippen LogP) is 24.3. The lowest BCUT2D eigenvalue weighted by Gasteiger charge is -2.18. The smallest absolute Gasteiger partial charge is 0.306 e. The number of hydrogen-bond donors (Lipinski definition) is 0. The summed E-state index contributed by atoms with van der Waals surface area (Å²) in [5.74, 6) is -0.951. The molecule has 0 radical (unpaired) electrons. The molecule has 6 heteroatoms. The zero-order chi connectivity index (χ0) is 59.9. The Hall–Kier alpha value is -4.19. The molecule has 83 heavy (non-hydrogen) atoms. The summed E-state index contributed by atoms with van der Waals surface area (Å²) in [5, 5.41) is 0. The van der Waals surface area contributed by atoms with Crippen LogP contribution in [0.5, 0.6) is 0 Å². The third kappa shape index (κ3) is 68.5. The number of carbonyl (C=O) groups excluding carboxylic acids is 3. The molecule has 0 aromatic heterocycles. The highest BCUT2D eigenvalue weighted by molar-refractivity contribution is 5.71. The van der Waals surface area contributed by atoms with Gasteiger partial charge in [-0.15, -0.1) is 0 Å². The maximum absolute atomic E-state index is 12.9. The summed E-state index contributed by atoms with van der Waals surface area (Å²) in [5.41, 5.74) is 0. The Morgan fingerprint density at radius 2 is 0.494 bits per heavy atom. The van der Waals surface area contributed by atoms with Crippen LogP contribution >= 0.6 is 0 Å². The second-order valence-electron chi connectivity index (χ2n) is 23.1. The summed E-state index contributed by atoms with van der Waals surface area (Å²) in [6.07, 6.45) is 98.1. The van der Waals surface area contributed by atoms with Crippen LogP contribution in [0, 0.1) is 0 Å². The first-order chi connectivity index (χ1) is 41.0. The Bertz CT molecular complexity index is 1700. The van der Waals surface area contributed by atoms with Gasteiger partial charge in [-0.2, -0.15) is 0 Å². The molecule has 0 aromatic carbocycles. The minimum Gasteiger partial charge on any atom is -0.462 e. The molecule has 0 spiro atoms. The number of ether oxygens (including phenoxy) is 3. The fourth-order valence-electron chi connectivity index (χ4n) is 9.69. The molecule has 6 nitrogen and oxygen atoms in total. The molecule has 0 saturated heterocycles. The molecule has 0 heterocycles. The Labute approximate surface area is 513 Å². The molecular weight excluding hydrogens is 1020 g/mol. The fraction of sp³-hybridized carbons (Fsp3) is 0.701. The van der Waals surface area contributed by atoms with Gasteiger partial charge in [0, 0.05) is 19.3 Å². The van der Waals surface area contributed by atoms with Crippen molar-refractivity contribution in [3.05, 3.63) is 122 Å². The molecule has 0 bridgehead atoms. The number of hydrogen-bond acceptors (Lipinski definition) is 6. The molecule has 0 amide bonds. The van der Waals surface area contributed by atoms with E-state index in [2.05, 4.69) is 142 Å². The summed E-state index contributed by atoms with van der Waals surface area (Å²) in [4.78, 5) is 38.4. The van der Waals surface area contributed by atoms with E-state index in [-0.39, 0.29) is 37.5 Å². The van der Waals surface area contributed by atoms with Gasteiger partial charge in [-0.05, 0) is 128 Å².